The molecule has 0 aliphatic heterocycles. The van der Waals surface area contributed by atoms with Crippen molar-refractivity contribution in [2.75, 3.05) is 5.32 Å². The molecule has 26 heavy (non-hydrogen) atoms. The van der Waals surface area contributed by atoms with Gasteiger partial charge in [0.05, 0.1) is 21.2 Å². The lowest BCUT2D eigenvalue weighted by molar-refractivity contribution is -0.384. The maximum absolute atomic E-state index is 12.4. The van der Waals surface area contributed by atoms with E-state index < -0.39 is 10.8 Å². The van der Waals surface area contributed by atoms with Gasteiger partial charge in [-0.2, -0.15) is 0 Å². The van der Waals surface area contributed by atoms with Crippen LogP contribution in [0.5, 0.6) is 0 Å². The number of amides is 1. The Kier molecular flexibility index (Phi) is 5.22. The van der Waals surface area contributed by atoms with Crippen molar-refractivity contribution in [1.29, 1.82) is 0 Å². The number of non-ortho nitro benzene ring substituents is 1. The maximum Gasteiger partial charge on any atom is 0.270 e. The molecule has 3 aromatic rings. The highest BCUT2D eigenvalue weighted by molar-refractivity contribution is 7.16. The number of nitrogens with zero attached hydrogens (tertiary/aromatic N) is 2. The molecule has 2 aromatic carbocycles. The standard InChI is InChI=1S/C17H11Cl2N3O3S/c1-9-15(10-3-2-4-11(18)7-10)20-17(26-9)21-16(23)13-6-5-12(22(24)25)8-14(13)19/h2-8H,1H3,(H,20,21,23). The van der Waals surface area contributed by atoms with E-state index in [4.69, 9.17) is 23.2 Å². The summed E-state index contributed by atoms with van der Waals surface area (Å²) in [4.78, 5) is 27.9. The predicted octanol–water partition coefficient (Wildman–Crippen LogP) is 5.59. The number of aromatic nitrogens is 1. The normalized spacial score (nSPS) is 10.6. The number of halogens is 2. The largest absolute Gasteiger partial charge is 0.298 e. The van der Waals surface area contributed by atoms with Gasteiger partial charge in [0, 0.05) is 27.6 Å². The average molecular weight is 408 g/mol. The number of hydrogen-bond donors (Lipinski definition) is 1. The number of carbonyl (C=O) groups excluding carboxylic acids is 1. The summed E-state index contributed by atoms with van der Waals surface area (Å²) < 4.78 is 0. The van der Waals surface area contributed by atoms with E-state index in [-0.39, 0.29) is 16.3 Å². The molecule has 1 amide bonds. The summed E-state index contributed by atoms with van der Waals surface area (Å²) in [7, 11) is 0. The van der Waals surface area contributed by atoms with Crippen molar-refractivity contribution < 1.29 is 9.72 Å². The highest BCUT2D eigenvalue weighted by Crippen LogP contribution is 2.32. The monoisotopic (exact) mass is 407 g/mol. The lowest BCUT2D eigenvalue weighted by Gasteiger charge is -2.04. The van der Waals surface area contributed by atoms with Gasteiger partial charge in [-0.05, 0) is 25.1 Å². The molecule has 0 aliphatic carbocycles. The van der Waals surface area contributed by atoms with Gasteiger partial charge in [-0.1, -0.05) is 35.3 Å². The summed E-state index contributed by atoms with van der Waals surface area (Å²) in [5.74, 6) is -0.490. The molecule has 1 heterocycles. The van der Waals surface area contributed by atoms with Crippen LogP contribution in [0.3, 0.4) is 0 Å². The molecule has 9 heteroatoms. The van der Waals surface area contributed by atoms with Gasteiger partial charge >= 0.3 is 0 Å². The van der Waals surface area contributed by atoms with E-state index in [1.807, 2.05) is 19.1 Å². The maximum atomic E-state index is 12.4. The average Bonchev–Trinajstić information content (AvgIpc) is 2.94. The number of nitro groups is 1. The second kappa shape index (κ2) is 7.41. The molecule has 132 valence electrons. The molecule has 0 unspecified atom stereocenters. The van der Waals surface area contributed by atoms with Crippen LogP contribution in [0.4, 0.5) is 10.8 Å². The minimum atomic E-state index is -0.574. The first-order chi connectivity index (χ1) is 12.3. The van der Waals surface area contributed by atoms with Crippen molar-refractivity contribution in [1.82, 2.24) is 4.98 Å². The third kappa shape index (κ3) is 3.85. The lowest BCUT2D eigenvalue weighted by Crippen LogP contribution is -2.12. The molecule has 0 saturated carbocycles. The number of nitro benzene ring substituents is 1. The van der Waals surface area contributed by atoms with E-state index in [9.17, 15) is 14.9 Å². The van der Waals surface area contributed by atoms with Gasteiger partial charge in [-0.15, -0.1) is 11.3 Å². The van der Waals surface area contributed by atoms with Gasteiger partial charge in [0.2, 0.25) is 0 Å². The van der Waals surface area contributed by atoms with Gasteiger partial charge in [-0.25, -0.2) is 4.98 Å². The Morgan fingerprint density at radius 1 is 1.23 bits per heavy atom. The third-order valence-corrected chi connectivity index (χ3v) is 4.96. The Morgan fingerprint density at radius 3 is 2.65 bits per heavy atom. The molecule has 1 N–H and O–H groups in total. The minimum absolute atomic E-state index is 0.0000396. The van der Waals surface area contributed by atoms with Gasteiger partial charge in [0.15, 0.2) is 5.13 Å². The smallest absolute Gasteiger partial charge is 0.270 e. The second-order valence-electron chi connectivity index (χ2n) is 5.31. The SMILES string of the molecule is Cc1sc(NC(=O)c2ccc([N+](=O)[O-])cc2Cl)nc1-c1cccc(Cl)c1. The van der Waals surface area contributed by atoms with E-state index in [1.54, 1.807) is 12.1 Å². The first kappa shape index (κ1) is 18.3. The van der Waals surface area contributed by atoms with Gasteiger partial charge in [0.1, 0.15) is 0 Å². The number of benzene rings is 2. The Labute approximate surface area is 162 Å². The molecule has 0 aliphatic rings. The molecular weight excluding hydrogens is 397 g/mol. The quantitative estimate of drug-likeness (QED) is 0.451. The molecule has 1 aromatic heterocycles. The van der Waals surface area contributed by atoms with Gasteiger partial charge < -0.3 is 0 Å². The minimum Gasteiger partial charge on any atom is -0.298 e. The zero-order valence-corrected chi connectivity index (χ0v) is 15.7. The van der Waals surface area contributed by atoms with Crippen molar-refractivity contribution in [3.8, 4) is 11.3 Å². The molecule has 0 radical (unpaired) electrons. The molecule has 0 fully saturated rings. The zero-order valence-electron chi connectivity index (χ0n) is 13.3. The number of carbonyl (C=O) groups is 1. The van der Waals surface area contributed by atoms with Crippen LogP contribution in [0, 0.1) is 17.0 Å². The Morgan fingerprint density at radius 2 is 2.00 bits per heavy atom. The van der Waals surface area contributed by atoms with Gasteiger partial charge in [0.25, 0.3) is 11.6 Å². The molecule has 0 saturated heterocycles. The van der Waals surface area contributed by atoms with Crippen LogP contribution < -0.4 is 5.32 Å². The van der Waals surface area contributed by atoms with Crippen LogP contribution in [0.1, 0.15) is 15.2 Å². The first-order valence-corrected chi connectivity index (χ1v) is 8.91. The summed E-state index contributed by atoms with van der Waals surface area (Å²) in [5, 5.41) is 14.4. The van der Waals surface area contributed by atoms with E-state index in [2.05, 4.69) is 10.3 Å². The number of aryl methyl sites for hydroxylation is 1. The molecular formula is C17H11Cl2N3O3S. The zero-order chi connectivity index (χ0) is 18.8. The second-order valence-corrected chi connectivity index (χ2v) is 7.36. The number of nitrogens with one attached hydrogen (secondary N) is 1. The van der Waals surface area contributed by atoms with Crippen LogP contribution in [-0.2, 0) is 0 Å². The van der Waals surface area contributed by atoms with Gasteiger partial charge in [-0.3, -0.25) is 20.2 Å². The summed E-state index contributed by atoms with van der Waals surface area (Å²) in [6.07, 6.45) is 0. The lowest BCUT2D eigenvalue weighted by atomic mass is 10.1. The number of anilines is 1. The summed E-state index contributed by atoms with van der Waals surface area (Å²) in [5.41, 5.74) is 1.53. The molecule has 0 bridgehead atoms. The number of rotatable bonds is 4. The first-order valence-electron chi connectivity index (χ1n) is 7.34. The van der Waals surface area contributed by atoms with E-state index >= 15 is 0 Å². The molecule has 3 rings (SSSR count). The highest BCUT2D eigenvalue weighted by atomic mass is 35.5. The fourth-order valence-corrected chi connectivity index (χ4v) is 3.60. The summed E-state index contributed by atoms with van der Waals surface area (Å²) in [6.45, 7) is 1.89. The Balaban J connectivity index is 1.85. The number of hydrogen-bond acceptors (Lipinski definition) is 5. The highest BCUT2D eigenvalue weighted by Gasteiger charge is 2.17. The summed E-state index contributed by atoms with van der Waals surface area (Å²) >= 11 is 13.3. The Bertz CT molecular complexity index is 1020. The third-order valence-electron chi connectivity index (χ3n) is 3.52. The topological polar surface area (TPSA) is 85.1 Å². The Hall–Kier alpha value is -2.48. The van der Waals surface area contributed by atoms with Crippen LogP contribution in [-0.4, -0.2) is 15.8 Å². The van der Waals surface area contributed by atoms with Crippen molar-refractivity contribution in [3.05, 3.63) is 73.1 Å². The van der Waals surface area contributed by atoms with Crippen LogP contribution >= 0.6 is 34.5 Å². The molecule has 6 nitrogen and oxygen atoms in total. The predicted molar refractivity (Wildman–Crippen MR) is 103 cm³/mol. The van der Waals surface area contributed by atoms with Crippen LogP contribution in [0.25, 0.3) is 11.3 Å². The van der Waals surface area contributed by atoms with Crippen LogP contribution in [0.2, 0.25) is 10.0 Å². The number of thiazole rings is 1. The fraction of sp³-hybridized carbons (Fsp3) is 0.0588. The fourth-order valence-electron chi connectivity index (χ4n) is 2.32. The van der Waals surface area contributed by atoms with E-state index in [1.165, 1.54) is 23.5 Å². The van der Waals surface area contributed by atoms with Crippen molar-refractivity contribution >= 4 is 51.3 Å². The molecule has 0 spiro atoms. The molecule has 0 atom stereocenters. The van der Waals surface area contributed by atoms with E-state index in [0.717, 1.165) is 22.2 Å². The van der Waals surface area contributed by atoms with Crippen molar-refractivity contribution in [3.63, 3.8) is 0 Å². The van der Waals surface area contributed by atoms with E-state index in [0.29, 0.717) is 10.2 Å². The van der Waals surface area contributed by atoms with Crippen molar-refractivity contribution in [2.45, 2.75) is 6.92 Å². The van der Waals surface area contributed by atoms with Crippen LogP contribution in [0.15, 0.2) is 42.5 Å². The summed E-state index contributed by atoms with van der Waals surface area (Å²) in [6, 6.07) is 11.0. The van der Waals surface area contributed by atoms with Crippen molar-refractivity contribution in [2.24, 2.45) is 0 Å².